The average molecular weight is 502 g/mol. The summed E-state index contributed by atoms with van der Waals surface area (Å²) in [6.07, 6.45) is 6.98. The van der Waals surface area contributed by atoms with Crippen LogP contribution >= 0.6 is 12.4 Å². The molecule has 0 bridgehead atoms. The van der Waals surface area contributed by atoms with E-state index in [4.69, 9.17) is 10.5 Å². The maximum absolute atomic E-state index is 14.4. The number of nitrogens with two attached hydrogens (primary N) is 1. The van der Waals surface area contributed by atoms with Crippen LogP contribution in [-0.2, 0) is 19.3 Å². The minimum absolute atomic E-state index is 0. The smallest absolute Gasteiger partial charge is 0.249 e. The van der Waals surface area contributed by atoms with Gasteiger partial charge in [-0.25, -0.2) is 8.78 Å². The summed E-state index contributed by atoms with van der Waals surface area (Å²) < 4.78 is 34.2. The number of hydrogen-bond acceptors (Lipinski definition) is 3. The van der Waals surface area contributed by atoms with Crippen LogP contribution in [0.1, 0.15) is 52.9 Å². The van der Waals surface area contributed by atoms with Crippen molar-refractivity contribution in [2.75, 3.05) is 13.2 Å². The molecule has 1 fully saturated rings. The molecule has 1 amide bonds. The summed E-state index contributed by atoms with van der Waals surface area (Å²) in [6, 6.07) is 8.24. The zero-order chi connectivity index (χ0) is 23.4. The maximum Gasteiger partial charge on any atom is 0.249 e. The van der Waals surface area contributed by atoms with Gasteiger partial charge in [0.15, 0.2) is 11.6 Å². The molecule has 186 valence electrons. The number of fused-ring (bicyclic) bond motifs is 4. The largest absolute Gasteiger partial charge is 0.489 e. The molecule has 3 aliphatic rings. The molecule has 2 heterocycles. The zero-order valence-corrected chi connectivity index (χ0v) is 20.3. The SMILES string of the molecule is Cl.NC(=O)c1ccc(F)c2c1CC(N(CC1CCc3[nH]c4ccc(F)cc4c3C1)C1CCC1)CO2. The number of hydrogen-bond donors (Lipinski definition) is 2. The van der Waals surface area contributed by atoms with Crippen molar-refractivity contribution in [3.8, 4) is 5.75 Å². The molecule has 5 nitrogen and oxygen atoms in total. The Balaban J connectivity index is 0.00000253. The number of nitrogens with zero attached hydrogens (tertiary/aromatic N) is 1. The lowest BCUT2D eigenvalue weighted by atomic mass is 9.83. The van der Waals surface area contributed by atoms with Gasteiger partial charge in [-0.05, 0) is 80.3 Å². The lowest BCUT2D eigenvalue weighted by molar-refractivity contribution is 0.0283. The monoisotopic (exact) mass is 501 g/mol. The molecule has 6 rings (SSSR count). The van der Waals surface area contributed by atoms with Crippen LogP contribution < -0.4 is 10.5 Å². The van der Waals surface area contributed by atoms with Gasteiger partial charge in [-0.15, -0.1) is 12.4 Å². The van der Waals surface area contributed by atoms with Crippen LogP contribution in [0, 0.1) is 17.6 Å². The first-order valence-corrected chi connectivity index (χ1v) is 12.3. The predicted molar refractivity (Wildman–Crippen MR) is 133 cm³/mol. The van der Waals surface area contributed by atoms with E-state index in [1.165, 1.54) is 35.9 Å². The predicted octanol–water partition coefficient (Wildman–Crippen LogP) is 4.93. The number of benzene rings is 2. The Hall–Kier alpha value is -2.64. The highest BCUT2D eigenvalue weighted by Crippen LogP contribution is 2.38. The molecule has 35 heavy (non-hydrogen) atoms. The van der Waals surface area contributed by atoms with Gasteiger partial charge >= 0.3 is 0 Å². The fourth-order valence-electron chi connectivity index (χ4n) is 6.11. The van der Waals surface area contributed by atoms with Gasteiger partial charge in [-0.2, -0.15) is 0 Å². The first-order chi connectivity index (χ1) is 16.5. The van der Waals surface area contributed by atoms with Crippen molar-refractivity contribution in [3.63, 3.8) is 0 Å². The van der Waals surface area contributed by atoms with Crippen molar-refractivity contribution in [2.45, 2.75) is 57.0 Å². The number of carbonyl (C=O) groups excluding carboxylic acids is 1. The van der Waals surface area contributed by atoms with E-state index in [1.54, 1.807) is 6.07 Å². The van der Waals surface area contributed by atoms with Crippen LogP contribution in [0.25, 0.3) is 10.9 Å². The Morgan fingerprint density at radius 1 is 1.09 bits per heavy atom. The zero-order valence-electron chi connectivity index (χ0n) is 19.5. The number of carbonyl (C=O) groups is 1. The molecule has 1 saturated carbocycles. The number of rotatable bonds is 5. The second-order valence-electron chi connectivity index (χ2n) is 10.1. The third-order valence-corrected chi connectivity index (χ3v) is 8.07. The Labute approximate surface area is 209 Å². The molecule has 0 saturated heterocycles. The molecule has 2 aliphatic carbocycles. The van der Waals surface area contributed by atoms with E-state index in [9.17, 15) is 13.6 Å². The third kappa shape index (κ3) is 4.29. The van der Waals surface area contributed by atoms with Crippen LogP contribution in [0.5, 0.6) is 5.75 Å². The highest BCUT2D eigenvalue weighted by atomic mass is 35.5. The topological polar surface area (TPSA) is 71.4 Å². The molecule has 2 aromatic carbocycles. The maximum atomic E-state index is 14.4. The number of H-pyrrole nitrogens is 1. The van der Waals surface area contributed by atoms with E-state index >= 15 is 0 Å². The summed E-state index contributed by atoms with van der Waals surface area (Å²) >= 11 is 0. The molecular weight excluding hydrogens is 472 g/mol. The van der Waals surface area contributed by atoms with Gasteiger partial charge in [-0.1, -0.05) is 6.42 Å². The lowest BCUT2D eigenvalue weighted by Crippen LogP contribution is -2.53. The van der Waals surface area contributed by atoms with Crippen LogP contribution in [0.2, 0.25) is 0 Å². The van der Waals surface area contributed by atoms with Gasteiger partial charge in [0.2, 0.25) is 5.91 Å². The van der Waals surface area contributed by atoms with Gasteiger partial charge in [0, 0.05) is 46.4 Å². The van der Waals surface area contributed by atoms with Gasteiger partial charge in [0.25, 0.3) is 0 Å². The van der Waals surface area contributed by atoms with E-state index in [1.807, 2.05) is 6.07 Å². The van der Waals surface area contributed by atoms with Crippen molar-refractivity contribution >= 4 is 29.2 Å². The molecule has 1 aliphatic heterocycles. The number of aromatic nitrogens is 1. The second kappa shape index (κ2) is 9.43. The van der Waals surface area contributed by atoms with Crippen molar-refractivity contribution in [1.82, 2.24) is 9.88 Å². The summed E-state index contributed by atoms with van der Waals surface area (Å²) in [5, 5.41) is 0.992. The Morgan fingerprint density at radius 2 is 1.91 bits per heavy atom. The highest BCUT2D eigenvalue weighted by molar-refractivity contribution is 5.95. The van der Waals surface area contributed by atoms with Crippen molar-refractivity contribution in [3.05, 3.63) is 64.4 Å². The first-order valence-electron chi connectivity index (χ1n) is 12.3. The summed E-state index contributed by atoms with van der Waals surface area (Å²) in [5.74, 6) is -0.589. The van der Waals surface area contributed by atoms with E-state index in [-0.39, 0.29) is 30.0 Å². The number of amides is 1. The van der Waals surface area contributed by atoms with Crippen LogP contribution in [0.3, 0.4) is 0 Å². The quantitative estimate of drug-likeness (QED) is 0.520. The number of nitrogens with one attached hydrogen (secondary N) is 1. The molecular formula is C27H30ClF2N3O2. The third-order valence-electron chi connectivity index (χ3n) is 8.07. The van der Waals surface area contributed by atoms with Crippen LogP contribution in [0.15, 0.2) is 30.3 Å². The fraction of sp³-hybridized carbons (Fsp3) is 0.444. The summed E-state index contributed by atoms with van der Waals surface area (Å²) in [5.41, 5.74) is 9.99. The minimum Gasteiger partial charge on any atom is -0.489 e. The van der Waals surface area contributed by atoms with Gasteiger partial charge in [0.05, 0.1) is 0 Å². The molecule has 8 heteroatoms. The lowest BCUT2D eigenvalue weighted by Gasteiger charge is -2.46. The molecule has 0 radical (unpaired) electrons. The standard InChI is InChI=1S/C27H29F2N3O2.ClH/c28-16-5-9-25-21(11-16)20-10-15(4-8-24(20)31-25)13-32(17-2-1-3-17)18-12-22-19(27(30)33)6-7-23(29)26(22)34-14-18;/h5-7,9,11,15,17-18,31H,1-4,8,10,12-14H2,(H2,30,33);1H. The number of halogens is 3. The normalized spacial score (nSPS) is 21.6. The Morgan fingerprint density at radius 3 is 2.66 bits per heavy atom. The molecule has 0 spiro atoms. The summed E-state index contributed by atoms with van der Waals surface area (Å²) in [4.78, 5) is 18.0. The molecule has 2 unspecified atom stereocenters. The fourth-order valence-corrected chi connectivity index (χ4v) is 6.11. The van der Waals surface area contributed by atoms with Crippen molar-refractivity contribution in [2.24, 2.45) is 11.7 Å². The molecule has 3 aromatic rings. The number of aryl methyl sites for hydroxylation is 1. The minimum atomic E-state index is -0.554. The number of primary amides is 1. The highest BCUT2D eigenvalue weighted by Gasteiger charge is 2.37. The van der Waals surface area contributed by atoms with Crippen LogP contribution in [-0.4, -0.2) is 41.0 Å². The van der Waals surface area contributed by atoms with Crippen molar-refractivity contribution < 1.29 is 18.3 Å². The van der Waals surface area contributed by atoms with Crippen LogP contribution in [0.4, 0.5) is 8.78 Å². The number of aromatic amines is 1. The number of ether oxygens (including phenoxy) is 1. The van der Waals surface area contributed by atoms with Crippen molar-refractivity contribution in [1.29, 1.82) is 0 Å². The van der Waals surface area contributed by atoms with Gasteiger partial charge in [-0.3, -0.25) is 9.69 Å². The van der Waals surface area contributed by atoms with E-state index in [0.29, 0.717) is 36.1 Å². The van der Waals surface area contributed by atoms with E-state index in [0.717, 1.165) is 49.6 Å². The summed E-state index contributed by atoms with van der Waals surface area (Å²) in [6.45, 7) is 1.32. The van der Waals surface area contributed by atoms with E-state index in [2.05, 4.69) is 9.88 Å². The Kier molecular flexibility index (Phi) is 6.49. The molecule has 3 N–H and O–H groups in total. The Bertz CT molecular complexity index is 1270. The van der Waals surface area contributed by atoms with E-state index < -0.39 is 11.7 Å². The van der Waals surface area contributed by atoms with Gasteiger partial charge in [0.1, 0.15) is 12.4 Å². The molecule has 2 atom stereocenters. The van der Waals surface area contributed by atoms with Gasteiger partial charge < -0.3 is 15.5 Å². The second-order valence-corrected chi connectivity index (χ2v) is 10.1. The average Bonchev–Trinajstić information content (AvgIpc) is 3.14. The first kappa shape index (κ1) is 24.1. The molecule has 1 aromatic heterocycles. The summed E-state index contributed by atoms with van der Waals surface area (Å²) in [7, 11) is 0.